The number of halogens is 4. The Morgan fingerprint density at radius 2 is 2.03 bits per heavy atom. The van der Waals surface area contributed by atoms with Gasteiger partial charge < -0.3 is 19.8 Å². The van der Waals surface area contributed by atoms with Crippen LogP contribution in [0.5, 0.6) is 5.75 Å². The van der Waals surface area contributed by atoms with E-state index in [-0.39, 0.29) is 11.5 Å². The molecule has 2 aromatic carbocycles. The van der Waals surface area contributed by atoms with E-state index in [1.54, 1.807) is 36.4 Å². The Labute approximate surface area is 210 Å². The molecule has 1 saturated heterocycles. The number of ether oxygens (including phenoxy) is 2. The Balaban J connectivity index is 1.53. The molecule has 2 heterocycles. The van der Waals surface area contributed by atoms with Crippen LogP contribution in [0.25, 0.3) is 11.4 Å². The van der Waals surface area contributed by atoms with Crippen LogP contribution in [0.15, 0.2) is 48.7 Å². The Bertz CT molecular complexity index is 1280. The molecule has 1 fully saturated rings. The Morgan fingerprint density at radius 3 is 2.75 bits per heavy atom. The monoisotopic (exact) mass is 518 g/mol. The number of morpholine rings is 1. The number of anilines is 1. The van der Waals surface area contributed by atoms with Crippen molar-refractivity contribution in [1.82, 2.24) is 14.9 Å². The topological polar surface area (TPSA) is 79.5 Å². The van der Waals surface area contributed by atoms with Crippen LogP contribution in [-0.4, -0.2) is 60.2 Å². The summed E-state index contributed by atoms with van der Waals surface area (Å²) in [7, 11) is 0. The Hall–Kier alpha value is -3.52. The maximum Gasteiger partial charge on any atom is 0.432 e. The lowest BCUT2D eigenvalue weighted by Gasteiger charge is -2.26. The molecule has 2 N–H and O–H groups in total. The van der Waals surface area contributed by atoms with E-state index >= 15 is 0 Å². The highest BCUT2D eigenvalue weighted by atomic mass is 35.5. The van der Waals surface area contributed by atoms with Gasteiger partial charge in [0.05, 0.1) is 25.1 Å². The molecule has 36 heavy (non-hydrogen) atoms. The van der Waals surface area contributed by atoms with E-state index < -0.39 is 17.8 Å². The van der Waals surface area contributed by atoms with Gasteiger partial charge in [0.15, 0.2) is 0 Å². The number of aromatic nitrogens is 2. The molecule has 0 saturated carbocycles. The van der Waals surface area contributed by atoms with Crippen molar-refractivity contribution in [2.24, 2.45) is 0 Å². The quantitative estimate of drug-likeness (QED) is 0.471. The third kappa shape index (κ3) is 7.01. The van der Waals surface area contributed by atoms with E-state index in [9.17, 15) is 18.0 Å². The molecule has 0 atom stereocenters. The summed E-state index contributed by atoms with van der Waals surface area (Å²) in [5.41, 5.74) is 0.180. The second-order valence-corrected chi connectivity index (χ2v) is 8.31. The van der Waals surface area contributed by atoms with Crippen molar-refractivity contribution < 1.29 is 27.4 Å². The van der Waals surface area contributed by atoms with Gasteiger partial charge in [0, 0.05) is 41.7 Å². The number of amides is 1. The SMILES string of the molecule is O=C(C#Cc1cccc(Cl)c1)Nc1cc(-c2ncc(C(F)(F)F)[nH]2)ccc1OCCN1CCOCC1. The fraction of sp³-hybridized carbons (Fsp3) is 0.280. The van der Waals surface area contributed by atoms with E-state index in [1.807, 2.05) is 0 Å². The first-order valence-corrected chi connectivity index (χ1v) is 11.4. The number of nitrogens with one attached hydrogen (secondary N) is 2. The Kier molecular flexibility index (Phi) is 8.15. The zero-order chi connectivity index (χ0) is 25.5. The standard InChI is InChI=1S/C25H22ClF3N4O3/c26-19-3-1-2-17(14-19)4-7-23(34)31-20-15-18(24-30-16-22(32-24)25(27,28)29)5-6-21(20)36-13-10-33-8-11-35-12-9-33/h1-3,5-6,14-16H,8-13H2,(H,30,32)(H,31,34). The number of hydrogen-bond donors (Lipinski definition) is 2. The van der Waals surface area contributed by atoms with Gasteiger partial charge in [0.1, 0.15) is 23.9 Å². The molecule has 0 radical (unpaired) electrons. The molecule has 11 heteroatoms. The van der Waals surface area contributed by atoms with Crippen LogP contribution < -0.4 is 10.1 Å². The van der Waals surface area contributed by atoms with Gasteiger partial charge in [-0.25, -0.2) is 4.98 Å². The first-order chi connectivity index (χ1) is 17.3. The van der Waals surface area contributed by atoms with Crippen molar-refractivity contribution in [3.05, 3.63) is 64.9 Å². The van der Waals surface area contributed by atoms with Crippen molar-refractivity contribution in [3.8, 4) is 29.0 Å². The minimum Gasteiger partial charge on any atom is -0.490 e. The van der Waals surface area contributed by atoms with Gasteiger partial charge in [-0.15, -0.1) is 0 Å². The van der Waals surface area contributed by atoms with Crippen LogP contribution in [0.1, 0.15) is 11.3 Å². The number of nitrogens with zero attached hydrogens (tertiary/aromatic N) is 2. The molecular formula is C25H22ClF3N4O3. The molecule has 1 aliphatic heterocycles. The van der Waals surface area contributed by atoms with Gasteiger partial charge in [-0.1, -0.05) is 23.6 Å². The fourth-order valence-electron chi connectivity index (χ4n) is 3.47. The van der Waals surface area contributed by atoms with E-state index in [2.05, 4.69) is 32.0 Å². The number of benzene rings is 2. The normalized spacial score (nSPS) is 14.1. The molecule has 1 aromatic heterocycles. The number of aromatic amines is 1. The molecule has 1 aliphatic rings. The van der Waals surface area contributed by atoms with E-state index in [0.717, 1.165) is 19.3 Å². The predicted molar refractivity (Wildman–Crippen MR) is 129 cm³/mol. The number of carbonyl (C=O) groups is 1. The zero-order valence-corrected chi connectivity index (χ0v) is 19.7. The second kappa shape index (κ2) is 11.5. The van der Waals surface area contributed by atoms with Crippen molar-refractivity contribution in [2.45, 2.75) is 6.18 Å². The highest BCUT2D eigenvalue weighted by molar-refractivity contribution is 6.30. The largest absolute Gasteiger partial charge is 0.490 e. The number of imidazole rings is 1. The maximum atomic E-state index is 13.0. The molecule has 0 spiro atoms. The number of alkyl halides is 3. The van der Waals surface area contributed by atoms with Crippen molar-refractivity contribution in [3.63, 3.8) is 0 Å². The highest BCUT2D eigenvalue weighted by Crippen LogP contribution is 2.33. The summed E-state index contributed by atoms with van der Waals surface area (Å²) >= 11 is 5.95. The molecule has 4 rings (SSSR count). The van der Waals surface area contributed by atoms with Crippen LogP contribution in [0.2, 0.25) is 5.02 Å². The first kappa shape index (κ1) is 25.6. The summed E-state index contributed by atoms with van der Waals surface area (Å²) in [4.78, 5) is 20.8. The molecule has 0 unspecified atom stereocenters. The number of rotatable bonds is 6. The second-order valence-electron chi connectivity index (χ2n) is 7.87. The van der Waals surface area contributed by atoms with Gasteiger partial charge >= 0.3 is 12.1 Å². The summed E-state index contributed by atoms with van der Waals surface area (Å²) in [6, 6.07) is 11.4. The van der Waals surface area contributed by atoms with Crippen LogP contribution >= 0.6 is 11.6 Å². The minimum atomic E-state index is -4.55. The lowest BCUT2D eigenvalue weighted by atomic mass is 10.1. The zero-order valence-electron chi connectivity index (χ0n) is 19.0. The average Bonchev–Trinajstić information content (AvgIpc) is 3.36. The maximum absolute atomic E-state index is 13.0. The van der Waals surface area contributed by atoms with Gasteiger partial charge in [-0.3, -0.25) is 9.69 Å². The molecular weight excluding hydrogens is 497 g/mol. The van der Waals surface area contributed by atoms with Crippen molar-refractivity contribution in [2.75, 3.05) is 44.8 Å². The number of hydrogen-bond acceptors (Lipinski definition) is 5. The van der Waals surface area contributed by atoms with Gasteiger partial charge in [-0.05, 0) is 36.4 Å². The van der Waals surface area contributed by atoms with E-state index in [4.69, 9.17) is 21.1 Å². The van der Waals surface area contributed by atoms with Crippen LogP contribution in [-0.2, 0) is 15.7 Å². The lowest BCUT2D eigenvalue weighted by Crippen LogP contribution is -2.38. The van der Waals surface area contributed by atoms with Gasteiger partial charge in [0.25, 0.3) is 0 Å². The summed E-state index contributed by atoms with van der Waals surface area (Å²) in [5.74, 6) is 4.94. The summed E-state index contributed by atoms with van der Waals surface area (Å²) in [6.07, 6.45) is -3.84. The summed E-state index contributed by atoms with van der Waals surface area (Å²) in [5, 5.41) is 3.15. The smallest absolute Gasteiger partial charge is 0.432 e. The Morgan fingerprint density at radius 1 is 1.22 bits per heavy atom. The van der Waals surface area contributed by atoms with Crippen molar-refractivity contribution >= 4 is 23.2 Å². The van der Waals surface area contributed by atoms with Crippen LogP contribution in [0, 0.1) is 11.8 Å². The lowest BCUT2D eigenvalue weighted by molar-refractivity contribution is -0.140. The van der Waals surface area contributed by atoms with Gasteiger partial charge in [0.2, 0.25) is 0 Å². The molecule has 0 aliphatic carbocycles. The molecule has 3 aromatic rings. The first-order valence-electron chi connectivity index (χ1n) is 11.1. The minimum absolute atomic E-state index is 0.00250. The van der Waals surface area contributed by atoms with Crippen molar-refractivity contribution in [1.29, 1.82) is 0 Å². The fourth-order valence-corrected chi connectivity index (χ4v) is 3.66. The number of carbonyl (C=O) groups excluding carboxylic acids is 1. The average molecular weight is 519 g/mol. The van der Waals surface area contributed by atoms with Gasteiger partial charge in [-0.2, -0.15) is 13.2 Å². The third-order valence-electron chi connectivity index (χ3n) is 5.30. The molecule has 188 valence electrons. The van der Waals surface area contributed by atoms with Crippen LogP contribution in [0.4, 0.5) is 18.9 Å². The molecule has 1 amide bonds. The number of H-pyrrole nitrogens is 1. The molecule has 7 nitrogen and oxygen atoms in total. The summed E-state index contributed by atoms with van der Waals surface area (Å²) < 4.78 is 50.2. The van der Waals surface area contributed by atoms with E-state index in [0.29, 0.717) is 48.3 Å². The van der Waals surface area contributed by atoms with E-state index in [1.165, 1.54) is 6.07 Å². The third-order valence-corrected chi connectivity index (χ3v) is 5.53. The highest BCUT2D eigenvalue weighted by Gasteiger charge is 2.33. The summed E-state index contributed by atoms with van der Waals surface area (Å²) in [6.45, 7) is 3.90. The molecule has 0 bridgehead atoms. The van der Waals surface area contributed by atoms with Crippen LogP contribution in [0.3, 0.4) is 0 Å². The predicted octanol–water partition coefficient (Wildman–Crippen LogP) is 4.45.